The molecule has 0 saturated heterocycles. The summed E-state index contributed by atoms with van der Waals surface area (Å²) in [7, 11) is 1.61. The van der Waals surface area contributed by atoms with E-state index in [2.05, 4.69) is 5.32 Å². The van der Waals surface area contributed by atoms with Crippen molar-refractivity contribution in [3.8, 4) is 5.75 Å². The number of hydrogen-bond acceptors (Lipinski definition) is 4. The maximum Gasteiger partial charge on any atom is 0.329 e. The fourth-order valence-electron chi connectivity index (χ4n) is 2.03. The van der Waals surface area contributed by atoms with Crippen LogP contribution >= 0.6 is 11.8 Å². The predicted molar refractivity (Wildman–Crippen MR) is 87.4 cm³/mol. The summed E-state index contributed by atoms with van der Waals surface area (Å²) in [6.07, 6.45) is 1.40. The molecule has 2 N–H and O–H groups in total. The topological polar surface area (TPSA) is 75.6 Å². The molecule has 0 radical (unpaired) electrons. The second kappa shape index (κ2) is 8.68. The van der Waals surface area contributed by atoms with Gasteiger partial charge < -0.3 is 15.2 Å². The van der Waals surface area contributed by atoms with Crippen molar-refractivity contribution in [1.29, 1.82) is 0 Å². The lowest BCUT2D eigenvalue weighted by atomic mass is 9.96. The fourth-order valence-corrected chi connectivity index (χ4v) is 2.88. The molecule has 0 aliphatic heterocycles. The number of carboxylic acids is 1. The summed E-state index contributed by atoms with van der Waals surface area (Å²) in [5, 5.41) is 11.9. The van der Waals surface area contributed by atoms with Gasteiger partial charge in [-0.25, -0.2) is 4.79 Å². The van der Waals surface area contributed by atoms with Gasteiger partial charge in [0.25, 0.3) is 0 Å². The molecule has 1 unspecified atom stereocenters. The van der Waals surface area contributed by atoms with E-state index < -0.39 is 11.5 Å². The van der Waals surface area contributed by atoms with Gasteiger partial charge in [-0.15, -0.1) is 11.8 Å². The molecule has 0 saturated carbocycles. The van der Waals surface area contributed by atoms with E-state index in [-0.39, 0.29) is 12.3 Å². The average molecular weight is 325 g/mol. The monoisotopic (exact) mass is 325 g/mol. The molecule has 5 nitrogen and oxygen atoms in total. The Hall–Kier alpha value is -1.69. The van der Waals surface area contributed by atoms with E-state index in [4.69, 9.17) is 4.74 Å². The molecule has 1 aromatic carbocycles. The van der Waals surface area contributed by atoms with Crippen LogP contribution in [-0.2, 0) is 9.59 Å². The lowest BCUT2D eigenvalue weighted by Gasteiger charge is -2.25. The zero-order valence-corrected chi connectivity index (χ0v) is 14.0. The van der Waals surface area contributed by atoms with Crippen LogP contribution < -0.4 is 10.1 Å². The van der Waals surface area contributed by atoms with Gasteiger partial charge in [0, 0.05) is 17.1 Å². The van der Waals surface area contributed by atoms with E-state index in [1.54, 1.807) is 25.8 Å². The van der Waals surface area contributed by atoms with Crippen LogP contribution in [0.1, 0.15) is 33.1 Å². The van der Waals surface area contributed by atoms with Gasteiger partial charge in [0.1, 0.15) is 11.3 Å². The van der Waals surface area contributed by atoms with Crippen LogP contribution in [0.4, 0.5) is 0 Å². The van der Waals surface area contributed by atoms with Crippen LogP contribution in [-0.4, -0.2) is 35.4 Å². The summed E-state index contributed by atoms with van der Waals surface area (Å²) < 4.78 is 5.08. The third kappa shape index (κ3) is 5.60. The average Bonchev–Trinajstić information content (AvgIpc) is 2.48. The normalized spacial score (nSPS) is 13.2. The number of ether oxygens (including phenoxy) is 1. The number of carbonyl (C=O) groups is 2. The second-order valence-corrected chi connectivity index (χ2v) is 6.38. The summed E-state index contributed by atoms with van der Waals surface area (Å²) in [6.45, 7) is 3.44. The molecule has 0 fully saturated rings. The van der Waals surface area contributed by atoms with Gasteiger partial charge >= 0.3 is 5.97 Å². The Labute approximate surface area is 135 Å². The predicted octanol–water partition coefficient (Wildman–Crippen LogP) is 2.94. The number of rotatable bonds is 9. The van der Waals surface area contributed by atoms with Gasteiger partial charge in [-0.1, -0.05) is 13.3 Å². The minimum Gasteiger partial charge on any atom is -0.497 e. The number of aliphatic carboxylic acids is 1. The van der Waals surface area contributed by atoms with E-state index >= 15 is 0 Å². The van der Waals surface area contributed by atoms with Crippen LogP contribution in [0.2, 0.25) is 0 Å². The van der Waals surface area contributed by atoms with Gasteiger partial charge in [0.2, 0.25) is 5.91 Å². The Kier molecular flexibility index (Phi) is 7.24. The van der Waals surface area contributed by atoms with Crippen LogP contribution in [0, 0.1) is 0 Å². The Bertz CT molecular complexity index is 503. The molecule has 122 valence electrons. The number of benzene rings is 1. The van der Waals surface area contributed by atoms with Gasteiger partial charge in [0.05, 0.1) is 7.11 Å². The summed E-state index contributed by atoms with van der Waals surface area (Å²) in [4.78, 5) is 24.2. The smallest absolute Gasteiger partial charge is 0.329 e. The SMILES string of the molecule is CCCC(C)(NC(=O)CCSc1ccc(OC)cc1)C(=O)O. The van der Waals surface area contributed by atoms with Crippen molar-refractivity contribution >= 4 is 23.6 Å². The highest BCUT2D eigenvalue weighted by molar-refractivity contribution is 7.99. The zero-order valence-electron chi connectivity index (χ0n) is 13.2. The third-order valence-corrected chi connectivity index (χ3v) is 4.31. The first kappa shape index (κ1) is 18.4. The van der Waals surface area contributed by atoms with Crippen molar-refractivity contribution < 1.29 is 19.4 Å². The number of hydrogen-bond donors (Lipinski definition) is 2. The first-order chi connectivity index (χ1) is 10.4. The highest BCUT2D eigenvalue weighted by Gasteiger charge is 2.33. The van der Waals surface area contributed by atoms with Gasteiger partial charge in [0.15, 0.2) is 0 Å². The van der Waals surface area contributed by atoms with Crippen molar-refractivity contribution in [2.45, 2.75) is 43.5 Å². The molecule has 0 bridgehead atoms. The van der Waals surface area contributed by atoms with Crippen LogP contribution in [0.25, 0.3) is 0 Å². The van der Waals surface area contributed by atoms with E-state index in [9.17, 15) is 14.7 Å². The number of carbonyl (C=O) groups excluding carboxylic acids is 1. The largest absolute Gasteiger partial charge is 0.497 e. The molecule has 0 aromatic heterocycles. The molecule has 0 heterocycles. The van der Waals surface area contributed by atoms with Crippen LogP contribution in [0.15, 0.2) is 29.2 Å². The summed E-state index contributed by atoms with van der Waals surface area (Å²) in [5.74, 6) is 0.156. The van der Waals surface area contributed by atoms with E-state index in [1.807, 2.05) is 31.2 Å². The molecule has 0 spiro atoms. The molecule has 0 aliphatic rings. The van der Waals surface area contributed by atoms with E-state index in [0.717, 1.165) is 10.6 Å². The minimum atomic E-state index is -1.18. The number of nitrogens with one attached hydrogen (secondary N) is 1. The summed E-state index contributed by atoms with van der Waals surface area (Å²) >= 11 is 1.55. The molecule has 1 atom stereocenters. The van der Waals surface area contributed by atoms with Gasteiger partial charge in [-0.2, -0.15) is 0 Å². The second-order valence-electron chi connectivity index (χ2n) is 5.21. The molecule has 1 amide bonds. The van der Waals surface area contributed by atoms with Crippen molar-refractivity contribution in [1.82, 2.24) is 5.32 Å². The maximum absolute atomic E-state index is 11.9. The van der Waals surface area contributed by atoms with Gasteiger partial charge in [-0.3, -0.25) is 4.79 Å². The highest BCUT2D eigenvalue weighted by atomic mass is 32.2. The number of methoxy groups -OCH3 is 1. The Morgan fingerprint density at radius 1 is 1.32 bits per heavy atom. The molecular weight excluding hydrogens is 302 g/mol. The van der Waals surface area contributed by atoms with Crippen molar-refractivity contribution in [2.75, 3.05) is 12.9 Å². The lowest BCUT2D eigenvalue weighted by Crippen LogP contribution is -2.52. The van der Waals surface area contributed by atoms with Crippen molar-refractivity contribution in [2.24, 2.45) is 0 Å². The highest BCUT2D eigenvalue weighted by Crippen LogP contribution is 2.22. The maximum atomic E-state index is 11.9. The first-order valence-corrected chi connectivity index (χ1v) is 8.21. The zero-order chi connectivity index (χ0) is 16.6. The third-order valence-electron chi connectivity index (χ3n) is 3.29. The fraction of sp³-hybridized carbons (Fsp3) is 0.500. The minimum absolute atomic E-state index is 0.237. The summed E-state index contributed by atoms with van der Waals surface area (Å²) in [5.41, 5.74) is -1.18. The standard InChI is InChI=1S/C16H23NO4S/c1-4-10-16(2,15(19)20)17-14(18)9-11-22-13-7-5-12(21-3)6-8-13/h5-8H,4,9-11H2,1-3H3,(H,17,18)(H,19,20). The summed E-state index contributed by atoms with van der Waals surface area (Å²) in [6, 6.07) is 7.59. The molecule has 1 rings (SSSR count). The van der Waals surface area contributed by atoms with Crippen molar-refractivity contribution in [3.05, 3.63) is 24.3 Å². The Morgan fingerprint density at radius 2 is 1.95 bits per heavy atom. The Balaban J connectivity index is 2.43. The molecule has 22 heavy (non-hydrogen) atoms. The van der Waals surface area contributed by atoms with E-state index in [0.29, 0.717) is 18.6 Å². The molecule has 0 aliphatic carbocycles. The number of thioether (sulfide) groups is 1. The first-order valence-electron chi connectivity index (χ1n) is 7.22. The molecule has 1 aromatic rings. The van der Waals surface area contributed by atoms with E-state index in [1.165, 1.54) is 0 Å². The lowest BCUT2D eigenvalue weighted by molar-refractivity contribution is -0.147. The molecular formula is C16H23NO4S. The molecule has 6 heteroatoms. The Morgan fingerprint density at radius 3 is 2.45 bits per heavy atom. The quantitative estimate of drug-likeness (QED) is 0.683. The van der Waals surface area contributed by atoms with Crippen LogP contribution in [0.5, 0.6) is 5.75 Å². The van der Waals surface area contributed by atoms with Crippen molar-refractivity contribution in [3.63, 3.8) is 0 Å². The van der Waals surface area contributed by atoms with Gasteiger partial charge in [-0.05, 0) is 37.6 Å². The van der Waals surface area contributed by atoms with Crippen LogP contribution in [0.3, 0.4) is 0 Å². The number of amides is 1. The number of carboxylic acid groups (broad SMARTS) is 1.